The molecule has 2 aromatic heterocycles. The van der Waals surface area contributed by atoms with E-state index in [1.165, 1.54) is 0 Å². The Morgan fingerprint density at radius 2 is 1.91 bits per heavy atom. The first-order chi connectivity index (χ1) is 22.2. The van der Waals surface area contributed by atoms with Crippen LogP contribution < -0.4 is 10.1 Å². The molecular weight excluding hydrogens is 661 g/mol. The zero-order valence-electron chi connectivity index (χ0n) is 26.1. The predicted molar refractivity (Wildman–Crippen MR) is 191 cm³/mol. The van der Waals surface area contributed by atoms with Crippen molar-refractivity contribution in [3.05, 3.63) is 74.3 Å². The quantitative estimate of drug-likeness (QED) is 0.194. The summed E-state index contributed by atoms with van der Waals surface area (Å²) in [5, 5.41) is 29.5. The largest absolute Gasteiger partial charge is 0.493 e. The molecule has 0 amide bonds. The number of ether oxygens (including phenoxy) is 1. The number of carbonyl (C=O) groups is 1. The highest BCUT2D eigenvalue weighted by molar-refractivity contribution is 7.99. The van der Waals surface area contributed by atoms with Crippen LogP contribution in [0.25, 0.3) is 22.0 Å². The average molecular weight is 699 g/mol. The molecule has 0 fully saturated rings. The van der Waals surface area contributed by atoms with Gasteiger partial charge in [0.1, 0.15) is 11.4 Å². The molecule has 0 saturated carbocycles. The second-order valence-electron chi connectivity index (χ2n) is 11.7. The predicted octanol–water partition coefficient (Wildman–Crippen LogP) is 8.17. The van der Waals surface area contributed by atoms with E-state index in [1.807, 2.05) is 51.4 Å². The van der Waals surface area contributed by atoms with Gasteiger partial charge in [-0.05, 0) is 74.4 Å². The van der Waals surface area contributed by atoms with Gasteiger partial charge in [0, 0.05) is 81.4 Å². The van der Waals surface area contributed by atoms with Gasteiger partial charge in [-0.1, -0.05) is 29.3 Å². The van der Waals surface area contributed by atoms with Crippen LogP contribution in [0.15, 0.2) is 40.9 Å². The van der Waals surface area contributed by atoms with Gasteiger partial charge in [-0.2, -0.15) is 5.10 Å². The first kappa shape index (κ1) is 32.9. The normalized spacial score (nSPS) is 17.4. The summed E-state index contributed by atoms with van der Waals surface area (Å²) >= 11 is 16.9. The van der Waals surface area contributed by atoms with E-state index in [0.29, 0.717) is 58.2 Å². The Hall–Kier alpha value is -3.05. The van der Waals surface area contributed by atoms with Gasteiger partial charge in [-0.3, -0.25) is 4.68 Å². The number of aromatic carboxylic acids is 1. The van der Waals surface area contributed by atoms with Gasteiger partial charge in [0.2, 0.25) is 0 Å². The Kier molecular flexibility index (Phi) is 9.99. The van der Waals surface area contributed by atoms with Crippen molar-refractivity contribution in [2.75, 3.05) is 25.2 Å². The minimum Gasteiger partial charge on any atom is -0.493 e. The zero-order valence-corrected chi connectivity index (χ0v) is 29.3. The first-order valence-electron chi connectivity index (χ1n) is 15.4. The molecule has 6 bridgehead atoms. The van der Waals surface area contributed by atoms with Crippen molar-refractivity contribution in [3.63, 3.8) is 0 Å². The maximum absolute atomic E-state index is 12.7. The van der Waals surface area contributed by atoms with Crippen molar-refractivity contribution >= 4 is 69.3 Å². The number of benzene rings is 2. The summed E-state index contributed by atoms with van der Waals surface area (Å²) in [6.07, 6.45) is 6.04. The van der Waals surface area contributed by atoms with Crippen molar-refractivity contribution in [1.82, 2.24) is 19.7 Å². The van der Waals surface area contributed by atoms with E-state index >= 15 is 0 Å². The SMILES string of the molecule is CN/C1=C\C(=N)CSCc2nn3c(c2-c2c(Cl)ccc4c(c(C(=O)O)n(C)c24)CCCOc2cc(Cl)c(C)c(c2)SC1)CCCC3. The van der Waals surface area contributed by atoms with Gasteiger partial charge in [-0.15, -0.1) is 23.5 Å². The van der Waals surface area contributed by atoms with Crippen LogP contribution in [0.4, 0.5) is 0 Å². The summed E-state index contributed by atoms with van der Waals surface area (Å²) in [4.78, 5) is 13.7. The maximum atomic E-state index is 12.7. The number of nitrogens with one attached hydrogen (secondary N) is 2. The van der Waals surface area contributed by atoms with Crippen LogP contribution in [-0.4, -0.2) is 56.3 Å². The van der Waals surface area contributed by atoms with E-state index in [1.54, 1.807) is 28.1 Å². The molecule has 2 aliphatic rings. The highest BCUT2D eigenvalue weighted by atomic mass is 35.5. The van der Waals surface area contributed by atoms with Crippen LogP contribution in [0.2, 0.25) is 10.0 Å². The number of thioether (sulfide) groups is 2. The molecule has 0 radical (unpaired) electrons. The Bertz CT molecular complexity index is 1880. The Balaban J connectivity index is 1.48. The average Bonchev–Trinajstić information content (AvgIpc) is 3.53. The molecule has 0 aliphatic carbocycles. The number of aromatic nitrogens is 3. The van der Waals surface area contributed by atoms with Crippen molar-refractivity contribution < 1.29 is 14.6 Å². The smallest absolute Gasteiger partial charge is 0.352 e. The van der Waals surface area contributed by atoms with Gasteiger partial charge in [0.25, 0.3) is 0 Å². The van der Waals surface area contributed by atoms with E-state index in [2.05, 4.69) is 10.00 Å². The molecule has 12 heteroatoms. The van der Waals surface area contributed by atoms with Crippen LogP contribution in [-0.2, 0) is 32.2 Å². The number of hydrogen-bond acceptors (Lipinski definition) is 7. The molecule has 2 aliphatic heterocycles. The summed E-state index contributed by atoms with van der Waals surface area (Å²) < 4.78 is 10.1. The van der Waals surface area contributed by atoms with Gasteiger partial charge < -0.3 is 25.1 Å². The number of halogens is 2. The number of allylic oxidation sites excluding steroid dienone is 1. The molecule has 4 heterocycles. The molecule has 4 aromatic rings. The Morgan fingerprint density at radius 3 is 2.70 bits per heavy atom. The number of fused-ring (bicyclic) bond motifs is 6. The number of nitrogens with zero attached hydrogens (tertiary/aromatic N) is 3. The number of rotatable bonds is 2. The molecule has 242 valence electrons. The molecule has 8 nitrogen and oxygen atoms in total. The number of aryl methyl sites for hydroxylation is 3. The molecular formula is C34H37Cl2N5O3S2. The van der Waals surface area contributed by atoms with E-state index in [-0.39, 0.29) is 5.69 Å². The van der Waals surface area contributed by atoms with Crippen LogP contribution in [0.1, 0.15) is 52.3 Å². The standard InChI is InChI=1S/C34H37Cl2N5O3S2/c1-19-26(36)14-22-15-29(19)46-17-21(38-2)13-20(37)16-45-18-27-31(28-8-4-5-11-41(28)39-27)30-25(35)10-9-24-23(7-6-12-44-22)33(34(42)43)40(3)32(24)30/h9-10,13-15,37-38H,4-8,11-12,16-18H2,1-3H3,(H,42,43)/b21-13-,37-20?. The summed E-state index contributed by atoms with van der Waals surface area (Å²) in [5.74, 6) is 1.47. The van der Waals surface area contributed by atoms with E-state index in [0.717, 1.165) is 80.9 Å². The third kappa shape index (κ3) is 6.41. The molecule has 3 N–H and O–H groups in total. The Morgan fingerprint density at radius 1 is 1.09 bits per heavy atom. The van der Waals surface area contributed by atoms with Gasteiger partial charge in [0.05, 0.1) is 22.8 Å². The second-order valence-corrected chi connectivity index (χ2v) is 14.5. The lowest BCUT2D eigenvalue weighted by Gasteiger charge is -2.16. The van der Waals surface area contributed by atoms with E-state index in [4.69, 9.17) is 38.4 Å². The van der Waals surface area contributed by atoms with Crippen molar-refractivity contribution in [3.8, 4) is 16.9 Å². The fourth-order valence-electron chi connectivity index (χ4n) is 6.45. The fraction of sp³-hybridized carbons (Fsp3) is 0.382. The lowest BCUT2D eigenvalue weighted by Crippen LogP contribution is -2.11. The molecule has 2 aromatic carbocycles. The van der Waals surface area contributed by atoms with Crippen LogP contribution in [0, 0.1) is 12.3 Å². The number of hydrogen-bond donors (Lipinski definition) is 3. The number of carboxylic acids is 1. The highest BCUT2D eigenvalue weighted by Crippen LogP contribution is 2.44. The Labute approximate surface area is 287 Å². The summed E-state index contributed by atoms with van der Waals surface area (Å²) in [6, 6.07) is 7.66. The van der Waals surface area contributed by atoms with Gasteiger partial charge >= 0.3 is 5.97 Å². The summed E-state index contributed by atoms with van der Waals surface area (Å²) in [7, 11) is 3.69. The minimum absolute atomic E-state index is 0.259. The van der Waals surface area contributed by atoms with Crippen molar-refractivity contribution in [2.24, 2.45) is 7.05 Å². The molecule has 0 unspecified atom stereocenters. The van der Waals surface area contributed by atoms with Crippen molar-refractivity contribution in [1.29, 1.82) is 5.41 Å². The lowest BCUT2D eigenvalue weighted by atomic mass is 9.95. The van der Waals surface area contributed by atoms with E-state index < -0.39 is 5.97 Å². The topological polar surface area (TPSA) is 105 Å². The fourth-order valence-corrected chi connectivity index (χ4v) is 8.83. The van der Waals surface area contributed by atoms with E-state index in [9.17, 15) is 9.90 Å². The molecule has 0 saturated heterocycles. The lowest BCUT2D eigenvalue weighted by molar-refractivity contribution is 0.0685. The zero-order chi connectivity index (χ0) is 32.5. The third-order valence-electron chi connectivity index (χ3n) is 8.68. The van der Waals surface area contributed by atoms with Crippen molar-refractivity contribution in [2.45, 2.75) is 56.2 Å². The second kappa shape index (κ2) is 14.0. The van der Waals surface area contributed by atoms with Gasteiger partial charge in [0.15, 0.2) is 0 Å². The third-order valence-corrected chi connectivity index (χ3v) is 11.6. The maximum Gasteiger partial charge on any atom is 0.352 e. The van der Waals surface area contributed by atoms with Crippen LogP contribution in [0.3, 0.4) is 0 Å². The van der Waals surface area contributed by atoms with Crippen LogP contribution in [0.5, 0.6) is 5.75 Å². The van der Waals surface area contributed by atoms with Gasteiger partial charge in [-0.25, -0.2) is 4.79 Å². The minimum atomic E-state index is -0.974. The molecule has 46 heavy (non-hydrogen) atoms. The molecule has 0 atom stereocenters. The molecule has 6 rings (SSSR count). The van der Waals surface area contributed by atoms with Crippen LogP contribution >= 0.6 is 46.7 Å². The summed E-state index contributed by atoms with van der Waals surface area (Å²) in [5.41, 5.74) is 8.18. The molecule has 0 spiro atoms. The highest BCUT2D eigenvalue weighted by Gasteiger charge is 2.29. The number of carboxylic acid groups (broad SMARTS) is 1. The monoisotopic (exact) mass is 697 g/mol. The first-order valence-corrected chi connectivity index (χ1v) is 18.3. The summed E-state index contributed by atoms with van der Waals surface area (Å²) in [6.45, 7) is 3.23.